The van der Waals surface area contributed by atoms with Gasteiger partial charge in [-0.25, -0.2) is 9.78 Å². The Morgan fingerprint density at radius 1 is 1.07 bits per heavy atom. The Bertz CT molecular complexity index is 905. The Morgan fingerprint density at radius 2 is 1.89 bits per heavy atom. The van der Waals surface area contributed by atoms with Crippen LogP contribution in [0, 0.1) is 0 Å². The summed E-state index contributed by atoms with van der Waals surface area (Å²) >= 11 is 0. The third-order valence-electron chi connectivity index (χ3n) is 3.78. The molecular weight excluding hydrogens is 344 g/mol. The van der Waals surface area contributed by atoms with Gasteiger partial charge in [0.25, 0.3) is 5.91 Å². The summed E-state index contributed by atoms with van der Waals surface area (Å²) in [4.78, 5) is 27.9. The van der Waals surface area contributed by atoms with Crippen LogP contribution in [0.5, 0.6) is 0 Å². The molecule has 0 bridgehead atoms. The Labute approximate surface area is 157 Å². The molecule has 2 amide bonds. The van der Waals surface area contributed by atoms with E-state index in [1.165, 1.54) is 0 Å². The molecule has 7 nitrogen and oxygen atoms in total. The van der Waals surface area contributed by atoms with E-state index in [1.54, 1.807) is 43.7 Å². The molecule has 0 aliphatic rings. The molecule has 2 aromatic carbocycles. The van der Waals surface area contributed by atoms with E-state index in [9.17, 15) is 9.59 Å². The maximum absolute atomic E-state index is 12.4. The molecule has 138 valence electrons. The Balaban J connectivity index is 1.62. The number of rotatable bonds is 6. The minimum atomic E-state index is -0.524. The summed E-state index contributed by atoms with van der Waals surface area (Å²) < 4.78 is 6.77. The van der Waals surface area contributed by atoms with E-state index in [0.717, 1.165) is 5.56 Å². The number of benzene rings is 2. The predicted molar refractivity (Wildman–Crippen MR) is 103 cm³/mol. The fourth-order valence-corrected chi connectivity index (χ4v) is 2.53. The number of amides is 2. The largest absolute Gasteiger partial charge is 0.450 e. The number of imidazole rings is 1. The average Bonchev–Trinajstić information content (AvgIpc) is 3.16. The van der Waals surface area contributed by atoms with E-state index in [4.69, 9.17) is 4.74 Å². The first-order valence-electron chi connectivity index (χ1n) is 8.54. The lowest BCUT2D eigenvalue weighted by Gasteiger charge is -2.09. The van der Waals surface area contributed by atoms with Crippen LogP contribution in [0.3, 0.4) is 0 Å². The summed E-state index contributed by atoms with van der Waals surface area (Å²) in [6, 6.07) is 14.3. The van der Waals surface area contributed by atoms with Crippen LogP contribution in [0.1, 0.15) is 22.8 Å². The average molecular weight is 364 g/mol. The van der Waals surface area contributed by atoms with E-state index in [2.05, 4.69) is 15.6 Å². The summed E-state index contributed by atoms with van der Waals surface area (Å²) in [6.07, 6.45) is 4.84. The maximum atomic E-state index is 12.4. The van der Waals surface area contributed by atoms with Gasteiger partial charge in [-0.1, -0.05) is 12.1 Å². The first kappa shape index (κ1) is 18.2. The SMILES string of the molecule is CCOC(=O)Nc1ccc(C(=O)Nc2cccc(Cn3ccnc3)c2)cc1. The third-order valence-corrected chi connectivity index (χ3v) is 3.78. The normalized spacial score (nSPS) is 10.3. The van der Waals surface area contributed by atoms with Gasteiger partial charge in [0.2, 0.25) is 0 Å². The zero-order valence-corrected chi connectivity index (χ0v) is 14.9. The lowest BCUT2D eigenvalue weighted by molar-refractivity contribution is 0.102. The topological polar surface area (TPSA) is 85.2 Å². The molecule has 0 aliphatic carbocycles. The fourth-order valence-electron chi connectivity index (χ4n) is 2.53. The molecule has 0 spiro atoms. The lowest BCUT2D eigenvalue weighted by atomic mass is 10.1. The quantitative estimate of drug-likeness (QED) is 0.697. The van der Waals surface area contributed by atoms with Gasteiger partial charge in [-0.15, -0.1) is 0 Å². The Kier molecular flexibility index (Phi) is 5.84. The van der Waals surface area contributed by atoms with Crippen LogP contribution < -0.4 is 10.6 Å². The van der Waals surface area contributed by atoms with Crippen molar-refractivity contribution in [2.24, 2.45) is 0 Å². The monoisotopic (exact) mass is 364 g/mol. The van der Waals surface area contributed by atoms with Crippen LogP contribution in [0.25, 0.3) is 0 Å². The summed E-state index contributed by atoms with van der Waals surface area (Å²) in [5.41, 5.74) is 2.82. The van der Waals surface area contributed by atoms with Gasteiger partial charge in [-0.05, 0) is 48.9 Å². The van der Waals surface area contributed by atoms with Gasteiger partial charge in [0.05, 0.1) is 12.9 Å². The molecule has 0 aliphatic heterocycles. The highest BCUT2D eigenvalue weighted by Crippen LogP contribution is 2.15. The lowest BCUT2D eigenvalue weighted by Crippen LogP contribution is -2.14. The number of aromatic nitrogens is 2. The number of nitrogens with one attached hydrogen (secondary N) is 2. The highest BCUT2D eigenvalue weighted by molar-refractivity contribution is 6.04. The number of carbonyl (C=O) groups is 2. The van der Waals surface area contributed by atoms with Gasteiger partial charge in [-0.3, -0.25) is 10.1 Å². The number of hydrogen-bond donors (Lipinski definition) is 2. The molecule has 27 heavy (non-hydrogen) atoms. The van der Waals surface area contributed by atoms with Gasteiger partial charge in [0.15, 0.2) is 0 Å². The van der Waals surface area contributed by atoms with E-state index in [0.29, 0.717) is 30.1 Å². The van der Waals surface area contributed by atoms with Crippen LogP contribution in [0.2, 0.25) is 0 Å². The van der Waals surface area contributed by atoms with Crippen LogP contribution in [-0.2, 0) is 11.3 Å². The molecular formula is C20H20N4O3. The predicted octanol–water partition coefficient (Wildman–Crippen LogP) is 3.75. The maximum Gasteiger partial charge on any atom is 0.411 e. The molecule has 0 unspecified atom stereocenters. The molecule has 3 rings (SSSR count). The van der Waals surface area contributed by atoms with E-state index in [-0.39, 0.29) is 5.91 Å². The molecule has 0 radical (unpaired) electrons. The smallest absolute Gasteiger partial charge is 0.411 e. The third kappa shape index (κ3) is 5.18. The van der Waals surface area contributed by atoms with Crippen molar-refractivity contribution >= 4 is 23.4 Å². The van der Waals surface area contributed by atoms with Crippen molar-refractivity contribution in [1.29, 1.82) is 0 Å². The second kappa shape index (κ2) is 8.66. The van der Waals surface area contributed by atoms with Gasteiger partial charge in [0, 0.05) is 35.9 Å². The van der Waals surface area contributed by atoms with Crippen molar-refractivity contribution < 1.29 is 14.3 Å². The molecule has 3 aromatic rings. The molecule has 0 saturated carbocycles. The molecule has 2 N–H and O–H groups in total. The van der Waals surface area contributed by atoms with Crippen molar-refractivity contribution in [2.75, 3.05) is 17.2 Å². The van der Waals surface area contributed by atoms with Gasteiger partial charge in [0.1, 0.15) is 0 Å². The molecule has 0 atom stereocenters. The molecule has 1 heterocycles. The van der Waals surface area contributed by atoms with Crippen LogP contribution in [-0.4, -0.2) is 28.2 Å². The van der Waals surface area contributed by atoms with Crippen molar-refractivity contribution in [3.05, 3.63) is 78.4 Å². The Hall–Kier alpha value is -3.61. The first-order valence-corrected chi connectivity index (χ1v) is 8.54. The molecule has 7 heteroatoms. The summed E-state index contributed by atoms with van der Waals surface area (Å²) in [7, 11) is 0. The number of hydrogen-bond acceptors (Lipinski definition) is 4. The van der Waals surface area contributed by atoms with Crippen LogP contribution >= 0.6 is 0 Å². The standard InChI is InChI=1S/C20H20N4O3/c1-2-27-20(26)23-17-8-6-16(7-9-17)19(25)22-18-5-3-4-15(12-18)13-24-11-10-21-14-24/h3-12,14H,2,13H2,1H3,(H,22,25)(H,23,26). The van der Waals surface area contributed by atoms with Crippen molar-refractivity contribution in [1.82, 2.24) is 9.55 Å². The van der Waals surface area contributed by atoms with Crippen molar-refractivity contribution in [2.45, 2.75) is 13.5 Å². The van der Waals surface area contributed by atoms with Crippen LogP contribution in [0.4, 0.5) is 16.2 Å². The zero-order valence-electron chi connectivity index (χ0n) is 14.9. The van der Waals surface area contributed by atoms with Gasteiger partial charge in [-0.2, -0.15) is 0 Å². The van der Waals surface area contributed by atoms with Gasteiger partial charge < -0.3 is 14.6 Å². The minimum Gasteiger partial charge on any atom is -0.450 e. The molecule has 1 aromatic heterocycles. The van der Waals surface area contributed by atoms with Crippen molar-refractivity contribution in [3.63, 3.8) is 0 Å². The molecule has 0 fully saturated rings. The summed E-state index contributed by atoms with van der Waals surface area (Å²) in [6.45, 7) is 2.71. The summed E-state index contributed by atoms with van der Waals surface area (Å²) in [5, 5.41) is 5.47. The van der Waals surface area contributed by atoms with E-state index < -0.39 is 6.09 Å². The summed E-state index contributed by atoms with van der Waals surface area (Å²) in [5.74, 6) is -0.225. The minimum absolute atomic E-state index is 0.225. The fraction of sp³-hybridized carbons (Fsp3) is 0.150. The number of ether oxygens (including phenoxy) is 1. The van der Waals surface area contributed by atoms with Gasteiger partial charge >= 0.3 is 6.09 Å². The second-order valence-corrected chi connectivity index (χ2v) is 5.81. The highest BCUT2D eigenvalue weighted by Gasteiger charge is 2.08. The number of nitrogens with zero attached hydrogens (tertiary/aromatic N) is 2. The molecule has 0 saturated heterocycles. The highest BCUT2D eigenvalue weighted by atomic mass is 16.5. The Morgan fingerprint density at radius 3 is 2.59 bits per heavy atom. The first-order chi connectivity index (χ1) is 13.1. The van der Waals surface area contributed by atoms with Crippen molar-refractivity contribution in [3.8, 4) is 0 Å². The van der Waals surface area contributed by atoms with E-state index in [1.807, 2.05) is 35.0 Å². The number of anilines is 2. The van der Waals surface area contributed by atoms with Crippen LogP contribution in [0.15, 0.2) is 67.3 Å². The van der Waals surface area contributed by atoms with E-state index >= 15 is 0 Å². The zero-order chi connectivity index (χ0) is 19.1. The number of carbonyl (C=O) groups excluding carboxylic acids is 2. The second-order valence-electron chi connectivity index (χ2n) is 5.81.